The maximum absolute atomic E-state index is 12.0. The zero-order chi connectivity index (χ0) is 18.2. The van der Waals surface area contributed by atoms with Crippen LogP contribution in [0.4, 0.5) is 22.1 Å². The van der Waals surface area contributed by atoms with Crippen LogP contribution < -0.4 is 25.6 Å². The Labute approximate surface area is 147 Å². The van der Waals surface area contributed by atoms with Crippen LogP contribution in [0.3, 0.4) is 0 Å². The molecule has 3 N–H and O–H groups in total. The molecule has 2 amide bonds. The summed E-state index contributed by atoms with van der Waals surface area (Å²) in [7, 11) is 5.42. The van der Waals surface area contributed by atoms with E-state index < -0.39 is 0 Å². The summed E-state index contributed by atoms with van der Waals surface area (Å²) in [5.74, 6) is 2.86. The fourth-order valence-electron chi connectivity index (χ4n) is 2.15. The van der Waals surface area contributed by atoms with Crippen molar-refractivity contribution in [1.82, 2.24) is 15.3 Å². The first-order valence-electron chi connectivity index (χ1n) is 7.94. The second kappa shape index (κ2) is 8.72. The first-order valence-corrected chi connectivity index (χ1v) is 7.94. The molecule has 1 aromatic carbocycles. The number of ether oxygens (including phenoxy) is 1. The molecule has 0 saturated heterocycles. The average Bonchev–Trinajstić information content (AvgIpc) is 2.58. The van der Waals surface area contributed by atoms with Crippen molar-refractivity contribution < 1.29 is 9.53 Å². The number of methoxy groups -OCH3 is 1. The van der Waals surface area contributed by atoms with Crippen LogP contribution in [0.1, 0.15) is 5.82 Å². The smallest absolute Gasteiger partial charge is 0.319 e. The predicted octanol–water partition coefficient (Wildman–Crippen LogP) is 2.09. The van der Waals surface area contributed by atoms with Gasteiger partial charge >= 0.3 is 6.03 Å². The highest BCUT2D eigenvalue weighted by atomic mass is 16.5. The van der Waals surface area contributed by atoms with Crippen molar-refractivity contribution in [3.63, 3.8) is 0 Å². The van der Waals surface area contributed by atoms with Gasteiger partial charge < -0.3 is 25.6 Å². The van der Waals surface area contributed by atoms with E-state index in [2.05, 4.69) is 25.9 Å². The predicted molar refractivity (Wildman–Crippen MR) is 99.6 cm³/mol. The molecule has 0 radical (unpaired) electrons. The largest absolute Gasteiger partial charge is 0.495 e. The molecule has 0 aliphatic rings. The van der Waals surface area contributed by atoms with E-state index in [0.29, 0.717) is 30.4 Å². The van der Waals surface area contributed by atoms with Crippen LogP contribution >= 0.6 is 0 Å². The standard InChI is InChI=1S/C17H24N6O2/c1-12-20-15(11-16(21-12)23(2)3)18-9-10-19-17(24)22-13-7-5-6-8-14(13)25-4/h5-8,11H,9-10H2,1-4H3,(H,18,20,21)(H2,19,22,24). The fraction of sp³-hybridized carbons (Fsp3) is 0.353. The molecule has 134 valence electrons. The third-order valence-corrected chi connectivity index (χ3v) is 3.35. The van der Waals surface area contributed by atoms with Gasteiger partial charge in [-0.05, 0) is 19.1 Å². The Morgan fingerprint density at radius 3 is 2.68 bits per heavy atom. The van der Waals surface area contributed by atoms with Crippen LogP contribution in [0, 0.1) is 6.92 Å². The van der Waals surface area contributed by atoms with Crippen molar-refractivity contribution >= 4 is 23.4 Å². The first-order chi connectivity index (χ1) is 12.0. The molecule has 0 unspecified atom stereocenters. The van der Waals surface area contributed by atoms with Gasteiger partial charge in [0.05, 0.1) is 12.8 Å². The molecule has 0 aliphatic carbocycles. The molecule has 25 heavy (non-hydrogen) atoms. The van der Waals surface area contributed by atoms with Crippen molar-refractivity contribution in [2.24, 2.45) is 0 Å². The number of nitrogens with one attached hydrogen (secondary N) is 3. The number of rotatable bonds is 7. The second-order valence-corrected chi connectivity index (χ2v) is 5.56. The van der Waals surface area contributed by atoms with Crippen LogP contribution in [0.5, 0.6) is 5.75 Å². The molecule has 0 fully saturated rings. The zero-order valence-corrected chi connectivity index (χ0v) is 15.0. The Hall–Kier alpha value is -3.03. The maximum atomic E-state index is 12.0. The van der Waals surface area contributed by atoms with E-state index in [-0.39, 0.29) is 6.03 Å². The third-order valence-electron chi connectivity index (χ3n) is 3.35. The summed E-state index contributed by atoms with van der Waals surface area (Å²) in [5.41, 5.74) is 0.623. The molecule has 1 aromatic heterocycles. The molecule has 0 bridgehead atoms. The highest BCUT2D eigenvalue weighted by molar-refractivity contribution is 5.90. The molecule has 1 heterocycles. The number of hydrogen-bond donors (Lipinski definition) is 3. The average molecular weight is 344 g/mol. The van der Waals surface area contributed by atoms with Crippen molar-refractivity contribution in [2.75, 3.05) is 49.8 Å². The van der Waals surface area contributed by atoms with Gasteiger partial charge in [0.25, 0.3) is 0 Å². The van der Waals surface area contributed by atoms with E-state index in [9.17, 15) is 4.79 Å². The molecule has 0 aliphatic heterocycles. The molecule has 0 saturated carbocycles. The van der Waals surface area contributed by atoms with Gasteiger partial charge in [-0.3, -0.25) is 0 Å². The Morgan fingerprint density at radius 1 is 1.20 bits per heavy atom. The summed E-state index contributed by atoms with van der Waals surface area (Å²) < 4.78 is 5.20. The first kappa shape index (κ1) is 18.3. The van der Waals surface area contributed by atoms with Crippen LogP contribution in [-0.4, -0.2) is 50.3 Å². The second-order valence-electron chi connectivity index (χ2n) is 5.56. The van der Waals surface area contributed by atoms with Crippen LogP contribution in [-0.2, 0) is 0 Å². The van der Waals surface area contributed by atoms with E-state index in [1.807, 2.05) is 44.1 Å². The number of aryl methyl sites for hydroxylation is 1. The minimum Gasteiger partial charge on any atom is -0.495 e. The Balaban J connectivity index is 1.80. The van der Waals surface area contributed by atoms with E-state index >= 15 is 0 Å². The third kappa shape index (κ3) is 5.52. The Bertz CT molecular complexity index is 720. The number of anilines is 3. The van der Waals surface area contributed by atoms with E-state index in [1.165, 1.54) is 0 Å². The summed E-state index contributed by atoms with van der Waals surface area (Å²) in [6.07, 6.45) is 0. The van der Waals surface area contributed by atoms with Gasteiger partial charge in [-0.25, -0.2) is 14.8 Å². The number of amides is 2. The van der Waals surface area contributed by atoms with Gasteiger partial charge in [0.2, 0.25) is 0 Å². The number of urea groups is 1. The minimum atomic E-state index is -0.292. The minimum absolute atomic E-state index is 0.292. The maximum Gasteiger partial charge on any atom is 0.319 e. The number of aromatic nitrogens is 2. The monoisotopic (exact) mass is 344 g/mol. The van der Waals surface area contributed by atoms with Crippen LogP contribution in [0.2, 0.25) is 0 Å². The topological polar surface area (TPSA) is 91.4 Å². The Kier molecular flexibility index (Phi) is 6.39. The van der Waals surface area contributed by atoms with Gasteiger partial charge in [0.1, 0.15) is 23.2 Å². The lowest BCUT2D eigenvalue weighted by Gasteiger charge is -2.14. The molecule has 2 aromatic rings. The summed E-state index contributed by atoms with van der Waals surface area (Å²) >= 11 is 0. The van der Waals surface area contributed by atoms with Gasteiger partial charge in [-0.2, -0.15) is 0 Å². The molecular weight excluding hydrogens is 320 g/mol. The quantitative estimate of drug-likeness (QED) is 0.666. The Morgan fingerprint density at radius 2 is 1.96 bits per heavy atom. The van der Waals surface area contributed by atoms with E-state index in [4.69, 9.17) is 4.74 Å². The van der Waals surface area contributed by atoms with Crippen molar-refractivity contribution in [2.45, 2.75) is 6.92 Å². The lowest BCUT2D eigenvalue weighted by atomic mass is 10.3. The fourth-order valence-corrected chi connectivity index (χ4v) is 2.15. The molecule has 8 nitrogen and oxygen atoms in total. The number of carbonyl (C=O) groups is 1. The van der Waals surface area contributed by atoms with Gasteiger partial charge in [-0.15, -0.1) is 0 Å². The summed E-state index contributed by atoms with van der Waals surface area (Å²) in [6, 6.07) is 8.82. The van der Waals surface area contributed by atoms with Gasteiger partial charge in [-0.1, -0.05) is 12.1 Å². The number of benzene rings is 1. The highest BCUT2D eigenvalue weighted by Gasteiger charge is 2.06. The molecule has 0 atom stereocenters. The lowest BCUT2D eigenvalue weighted by Crippen LogP contribution is -2.32. The highest BCUT2D eigenvalue weighted by Crippen LogP contribution is 2.22. The molecule has 8 heteroatoms. The summed E-state index contributed by atoms with van der Waals surface area (Å²) in [5, 5.41) is 8.72. The number of carbonyl (C=O) groups excluding carboxylic acids is 1. The SMILES string of the molecule is COc1ccccc1NC(=O)NCCNc1cc(N(C)C)nc(C)n1. The number of hydrogen-bond acceptors (Lipinski definition) is 6. The zero-order valence-electron chi connectivity index (χ0n) is 15.0. The van der Waals surface area contributed by atoms with Crippen molar-refractivity contribution in [3.05, 3.63) is 36.2 Å². The van der Waals surface area contributed by atoms with Gasteiger partial charge in [0, 0.05) is 33.3 Å². The lowest BCUT2D eigenvalue weighted by molar-refractivity contribution is 0.252. The summed E-state index contributed by atoms with van der Waals surface area (Å²) in [6.45, 7) is 2.83. The van der Waals surface area contributed by atoms with Gasteiger partial charge in [0.15, 0.2) is 0 Å². The van der Waals surface area contributed by atoms with Crippen LogP contribution in [0.25, 0.3) is 0 Å². The van der Waals surface area contributed by atoms with Crippen LogP contribution in [0.15, 0.2) is 30.3 Å². The molecule has 0 spiro atoms. The summed E-state index contributed by atoms with van der Waals surface area (Å²) in [4.78, 5) is 22.5. The number of para-hydroxylation sites is 2. The normalized spacial score (nSPS) is 10.1. The number of nitrogens with zero attached hydrogens (tertiary/aromatic N) is 3. The molecular formula is C17H24N6O2. The van der Waals surface area contributed by atoms with Crippen molar-refractivity contribution in [1.29, 1.82) is 0 Å². The van der Waals surface area contributed by atoms with Crippen molar-refractivity contribution in [3.8, 4) is 5.75 Å². The molecule has 2 rings (SSSR count). The van der Waals surface area contributed by atoms with E-state index in [0.717, 1.165) is 11.6 Å². The van der Waals surface area contributed by atoms with E-state index in [1.54, 1.807) is 19.2 Å².